The van der Waals surface area contributed by atoms with E-state index in [-0.39, 0.29) is 0 Å². The molecule has 0 aliphatic heterocycles. The molecule has 0 bridgehead atoms. The van der Waals surface area contributed by atoms with Gasteiger partial charge in [-0.1, -0.05) is 24.6 Å². The van der Waals surface area contributed by atoms with E-state index < -0.39 is 0 Å². The number of nitrogens with one attached hydrogen (secondary N) is 1. The maximum absolute atomic E-state index is 6.22. The van der Waals surface area contributed by atoms with Crippen LogP contribution in [-0.2, 0) is 6.54 Å². The van der Waals surface area contributed by atoms with Crippen LogP contribution < -0.4 is 5.32 Å². The molecule has 0 unspecified atom stereocenters. The minimum absolute atomic E-state index is 0.741. The molecule has 1 aromatic rings. The van der Waals surface area contributed by atoms with Gasteiger partial charge in [0.15, 0.2) is 0 Å². The number of hydrogen-bond donors (Lipinski definition) is 1. The molecular formula is C12H16ClNS. The first-order chi connectivity index (χ1) is 7.29. The average molecular weight is 242 g/mol. The van der Waals surface area contributed by atoms with Crippen molar-refractivity contribution in [3.8, 4) is 0 Å². The summed E-state index contributed by atoms with van der Waals surface area (Å²) in [4.78, 5) is 1.26. The third-order valence-electron chi connectivity index (χ3n) is 2.49. The van der Waals surface area contributed by atoms with Crippen molar-refractivity contribution in [1.29, 1.82) is 0 Å². The van der Waals surface area contributed by atoms with Gasteiger partial charge in [0, 0.05) is 22.5 Å². The highest BCUT2D eigenvalue weighted by atomic mass is 35.5. The molecular weight excluding hydrogens is 226 g/mol. The second kappa shape index (κ2) is 5.24. The standard InChI is InChI=1S/C12H16ClNS/c1-2-15-11-6-3-9(12(13)7-11)8-14-10-4-5-10/h3,6-7,10,14H,2,4-5,8H2,1H3. The lowest BCUT2D eigenvalue weighted by atomic mass is 10.2. The Morgan fingerprint density at radius 2 is 2.27 bits per heavy atom. The van der Waals surface area contributed by atoms with Crippen molar-refractivity contribution >= 4 is 23.4 Å². The van der Waals surface area contributed by atoms with Crippen LogP contribution in [0.15, 0.2) is 23.1 Å². The van der Waals surface area contributed by atoms with Gasteiger partial charge < -0.3 is 5.32 Å². The van der Waals surface area contributed by atoms with Gasteiger partial charge in [-0.2, -0.15) is 0 Å². The molecule has 0 aromatic heterocycles. The summed E-state index contributed by atoms with van der Waals surface area (Å²) in [6, 6.07) is 7.10. The van der Waals surface area contributed by atoms with Crippen LogP contribution >= 0.6 is 23.4 Å². The molecule has 1 aliphatic carbocycles. The summed E-state index contributed by atoms with van der Waals surface area (Å²) in [5.41, 5.74) is 1.21. The van der Waals surface area contributed by atoms with Crippen LogP contribution in [0.25, 0.3) is 0 Å². The maximum atomic E-state index is 6.22. The molecule has 1 N–H and O–H groups in total. The first-order valence-corrected chi connectivity index (χ1v) is 6.80. The van der Waals surface area contributed by atoms with Crippen molar-refractivity contribution in [2.24, 2.45) is 0 Å². The van der Waals surface area contributed by atoms with Crippen LogP contribution in [0.4, 0.5) is 0 Å². The molecule has 1 saturated carbocycles. The van der Waals surface area contributed by atoms with Gasteiger partial charge in [-0.3, -0.25) is 0 Å². The van der Waals surface area contributed by atoms with Crippen molar-refractivity contribution in [2.75, 3.05) is 5.75 Å². The summed E-state index contributed by atoms with van der Waals surface area (Å²) in [5, 5.41) is 4.36. The Bertz CT molecular complexity index is 336. The lowest BCUT2D eigenvalue weighted by Crippen LogP contribution is -2.15. The zero-order chi connectivity index (χ0) is 10.7. The Morgan fingerprint density at radius 1 is 1.47 bits per heavy atom. The molecule has 0 atom stereocenters. The fraction of sp³-hybridized carbons (Fsp3) is 0.500. The number of halogens is 1. The molecule has 15 heavy (non-hydrogen) atoms. The van der Waals surface area contributed by atoms with E-state index in [9.17, 15) is 0 Å². The quantitative estimate of drug-likeness (QED) is 0.789. The minimum Gasteiger partial charge on any atom is -0.310 e. The summed E-state index contributed by atoms with van der Waals surface area (Å²) >= 11 is 8.05. The lowest BCUT2D eigenvalue weighted by Gasteiger charge is -2.07. The van der Waals surface area contributed by atoms with Gasteiger partial charge in [0.2, 0.25) is 0 Å². The summed E-state index contributed by atoms with van der Waals surface area (Å²) in [7, 11) is 0. The molecule has 1 aliphatic rings. The lowest BCUT2D eigenvalue weighted by molar-refractivity contribution is 0.687. The Kier molecular flexibility index (Phi) is 3.95. The van der Waals surface area contributed by atoms with E-state index in [4.69, 9.17) is 11.6 Å². The molecule has 2 rings (SSSR count). The van der Waals surface area contributed by atoms with Crippen molar-refractivity contribution < 1.29 is 0 Å². The van der Waals surface area contributed by atoms with Crippen LogP contribution in [-0.4, -0.2) is 11.8 Å². The van der Waals surface area contributed by atoms with E-state index in [1.165, 1.54) is 23.3 Å². The second-order valence-corrected chi connectivity index (χ2v) is 5.59. The van der Waals surface area contributed by atoms with Crippen LogP contribution in [0.3, 0.4) is 0 Å². The van der Waals surface area contributed by atoms with Gasteiger partial charge in [-0.05, 0) is 36.3 Å². The van der Waals surface area contributed by atoms with E-state index in [2.05, 4.69) is 30.4 Å². The molecule has 0 radical (unpaired) electrons. The van der Waals surface area contributed by atoms with E-state index in [0.717, 1.165) is 23.4 Å². The van der Waals surface area contributed by atoms with Gasteiger partial charge in [0.25, 0.3) is 0 Å². The van der Waals surface area contributed by atoms with E-state index in [1.807, 2.05) is 11.8 Å². The Labute approximate surface area is 101 Å². The van der Waals surface area contributed by atoms with Crippen molar-refractivity contribution in [3.05, 3.63) is 28.8 Å². The maximum Gasteiger partial charge on any atom is 0.0462 e. The van der Waals surface area contributed by atoms with E-state index >= 15 is 0 Å². The number of hydrogen-bond acceptors (Lipinski definition) is 2. The van der Waals surface area contributed by atoms with Crippen molar-refractivity contribution in [3.63, 3.8) is 0 Å². The minimum atomic E-state index is 0.741. The summed E-state index contributed by atoms with van der Waals surface area (Å²) in [6.07, 6.45) is 2.64. The molecule has 0 heterocycles. The Balaban J connectivity index is 1.97. The molecule has 82 valence electrons. The Morgan fingerprint density at radius 3 is 2.87 bits per heavy atom. The van der Waals surface area contributed by atoms with Gasteiger partial charge in [0.05, 0.1) is 0 Å². The highest BCUT2D eigenvalue weighted by Crippen LogP contribution is 2.26. The van der Waals surface area contributed by atoms with Crippen LogP contribution in [0.5, 0.6) is 0 Å². The predicted molar refractivity (Wildman–Crippen MR) is 67.7 cm³/mol. The predicted octanol–water partition coefficient (Wildman–Crippen LogP) is 3.70. The molecule has 0 spiro atoms. The first-order valence-electron chi connectivity index (χ1n) is 5.44. The third kappa shape index (κ3) is 3.40. The molecule has 1 fully saturated rings. The molecule has 3 heteroatoms. The topological polar surface area (TPSA) is 12.0 Å². The average Bonchev–Trinajstić information content (AvgIpc) is 3.01. The first kappa shape index (κ1) is 11.3. The fourth-order valence-electron chi connectivity index (χ4n) is 1.47. The summed E-state index contributed by atoms with van der Waals surface area (Å²) in [6.45, 7) is 3.06. The zero-order valence-corrected chi connectivity index (χ0v) is 10.5. The molecule has 0 saturated heterocycles. The largest absolute Gasteiger partial charge is 0.310 e. The highest BCUT2D eigenvalue weighted by molar-refractivity contribution is 7.99. The van der Waals surface area contributed by atoms with Crippen molar-refractivity contribution in [2.45, 2.75) is 37.2 Å². The third-order valence-corrected chi connectivity index (χ3v) is 3.72. The number of thioether (sulfide) groups is 1. The van der Waals surface area contributed by atoms with Crippen LogP contribution in [0.1, 0.15) is 25.3 Å². The van der Waals surface area contributed by atoms with Gasteiger partial charge in [-0.25, -0.2) is 0 Å². The van der Waals surface area contributed by atoms with E-state index in [0.29, 0.717) is 0 Å². The smallest absolute Gasteiger partial charge is 0.0462 e. The fourth-order valence-corrected chi connectivity index (χ4v) is 2.48. The van der Waals surface area contributed by atoms with Gasteiger partial charge >= 0.3 is 0 Å². The van der Waals surface area contributed by atoms with Gasteiger partial charge in [-0.15, -0.1) is 11.8 Å². The molecule has 1 nitrogen and oxygen atoms in total. The Hall–Kier alpha value is -0.180. The summed E-state index contributed by atoms with van der Waals surface area (Å²) in [5.74, 6) is 1.09. The van der Waals surface area contributed by atoms with E-state index in [1.54, 1.807) is 0 Å². The summed E-state index contributed by atoms with van der Waals surface area (Å²) < 4.78 is 0. The highest BCUT2D eigenvalue weighted by Gasteiger charge is 2.20. The number of rotatable bonds is 5. The van der Waals surface area contributed by atoms with Crippen molar-refractivity contribution in [1.82, 2.24) is 5.32 Å². The number of benzene rings is 1. The zero-order valence-electron chi connectivity index (χ0n) is 8.92. The van der Waals surface area contributed by atoms with Crippen LogP contribution in [0.2, 0.25) is 5.02 Å². The van der Waals surface area contributed by atoms with Gasteiger partial charge in [0.1, 0.15) is 0 Å². The second-order valence-electron chi connectivity index (χ2n) is 3.84. The van der Waals surface area contributed by atoms with Crippen LogP contribution in [0, 0.1) is 0 Å². The normalized spacial score (nSPS) is 15.6. The molecule has 0 amide bonds. The SMILES string of the molecule is CCSc1ccc(CNC2CC2)c(Cl)c1. The monoisotopic (exact) mass is 241 g/mol. The molecule has 1 aromatic carbocycles.